The van der Waals surface area contributed by atoms with Crippen LogP contribution >= 0.6 is 11.6 Å². The van der Waals surface area contributed by atoms with Crippen LogP contribution in [-0.4, -0.2) is 55.6 Å². The van der Waals surface area contributed by atoms with Gasteiger partial charge in [0.05, 0.1) is 15.6 Å². The second kappa shape index (κ2) is 8.30. The number of nitrogens with zero attached hydrogens (tertiary/aromatic N) is 2. The maximum absolute atomic E-state index is 12.9. The molecule has 1 saturated heterocycles. The van der Waals surface area contributed by atoms with Crippen LogP contribution in [0.3, 0.4) is 0 Å². The molecule has 3 rings (SSSR count). The van der Waals surface area contributed by atoms with Crippen LogP contribution in [0.2, 0.25) is 5.02 Å². The molecule has 0 saturated carbocycles. The van der Waals surface area contributed by atoms with Gasteiger partial charge in [0.1, 0.15) is 0 Å². The molecule has 1 aliphatic heterocycles. The Labute approximate surface area is 168 Å². The average molecular weight is 422 g/mol. The van der Waals surface area contributed by atoms with Gasteiger partial charge in [-0.1, -0.05) is 29.8 Å². The monoisotopic (exact) mass is 421 g/mol. The molecule has 1 fully saturated rings. The molecule has 9 heteroatoms. The maximum Gasteiger partial charge on any atom is 0.255 e. The minimum Gasteiger partial charge on any atom is -0.340 e. The van der Waals surface area contributed by atoms with Gasteiger partial charge in [0, 0.05) is 38.7 Å². The van der Waals surface area contributed by atoms with Gasteiger partial charge in [-0.05, 0) is 30.3 Å². The minimum absolute atomic E-state index is 0.0376. The molecule has 0 bridgehead atoms. The zero-order valence-corrected chi connectivity index (χ0v) is 16.8. The van der Waals surface area contributed by atoms with Crippen molar-refractivity contribution < 1.29 is 18.0 Å². The molecule has 1 aliphatic rings. The van der Waals surface area contributed by atoms with E-state index in [0.29, 0.717) is 23.8 Å². The lowest BCUT2D eigenvalue weighted by atomic mass is 10.2. The van der Waals surface area contributed by atoms with Crippen molar-refractivity contribution in [3.05, 3.63) is 59.1 Å². The molecule has 0 radical (unpaired) electrons. The smallest absolute Gasteiger partial charge is 0.255 e. The van der Waals surface area contributed by atoms with Crippen LogP contribution in [0.4, 0.5) is 5.69 Å². The number of sulfonamides is 1. The molecule has 2 aromatic rings. The molecule has 148 valence electrons. The summed E-state index contributed by atoms with van der Waals surface area (Å²) in [7, 11) is -3.76. The van der Waals surface area contributed by atoms with Gasteiger partial charge in [0.2, 0.25) is 15.9 Å². The predicted molar refractivity (Wildman–Crippen MR) is 107 cm³/mol. The van der Waals surface area contributed by atoms with E-state index in [2.05, 4.69) is 5.32 Å². The second-order valence-electron chi connectivity index (χ2n) is 6.37. The Kier molecular flexibility index (Phi) is 6.02. The highest BCUT2D eigenvalue weighted by Crippen LogP contribution is 2.23. The molecule has 1 heterocycles. The van der Waals surface area contributed by atoms with Gasteiger partial charge in [-0.25, -0.2) is 8.42 Å². The Bertz CT molecular complexity index is 1000. The molecular weight excluding hydrogens is 402 g/mol. The molecule has 2 aromatic carbocycles. The predicted octanol–water partition coefficient (Wildman–Crippen LogP) is 2.45. The Morgan fingerprint density at radius 3 is 2.32 bits per heavy atom. The lowest BCUT2D eigenvalue weighted by Gasteiger charge is -2.33. The van der Waals surface area contributed by atoms with Crippen LogP contribution in [0.1, 0.15) is 17.3 Å². The van der Waals surface area contributed by atoms with Gasteiger partial charge in [-0.2, -0.15) is 4.31 Å². The molecule has 0 spiro atoms. The van der Waals surface area contributed by atoms with Crippen molar-refractivity contribution in [2.75, 3.05) is 31.5 Å². The molecule has 28 heavy (non-hydrogen) atoms. The lowest BCUT2D eigenvalue weighted by molar-refractivity contribution is -0.129. The molecular formula is C19H20ClN3O4S. The highest BCUT2D eigenvalue weighted by atomic mass is 35.5. The summed E-state index contributed by atoms with van der Waals surface area (Å²) >= 11 is 6.05. The standard InChI is InChI=1S/C19H20ClN3O4S/c1-14(24)22-9-11-23(12-10-22)28(26,27)16-6-4-5-15(13-16)19(25)21-18-8-3-2-7-17(18)20/h2-8,13H,9-12H2,1H3,(H,21,25). The van der Waals surface area contributed by atoms with E-state index in [4.69, 9.17) is 11.6 Å². The number of piperazine rings is 1. The van der Waals surface area contributed by atoms with E-state index in [9.17, 15) is 18.0 Å². The maximum atomic E-state index is 12.9. The van der Waals surface area contributed by atoms with Crippen LogP contribution in [-0.2, 0) is 14.8 Å². The molecule has 0 unspecified atom stereocenters. The highest BCUT2D eigenvalue weighted by Gasteiger charge is 2.29. The first-order valence-corrected chi connectivity index (χ1v) is 10.5. The molecule has 0 atom stereocenters. The van der Waals surface area contributed by atoms with E-state index in [1.54, 1.807) is 35.2 Å². The number of hydrogen-bond acceptors (Lipinski definition) is 4. The summed E-state index contributed by atoms with van der Waals surface area (Å²) < 4.78 is 27.2. The third-order valence-corrected chi connectivity index (χ3v) is 6.76. The number of carbonyl (C=O) groups excluding carboxylic acids is 2. The Hall–Kier alpha value is -2.42. The first-order valence-electron chi connectivity index (χ1n) is 8.70. The largest absolute Gasteiger partial charge is 0.340 e. The summed E-state index contributed by atoms with van der Waals surface area (Å²) in [5, 5.41) is 3.07. The van der Waals surface area contributed by atoms with Gasteiger partial charge in [0.15, 0.2) is 0 Å². The van der Waals surface area contributed by atoms with Crippen LogP contribution in [0.25, 0.3) is 0 Å². The minimum atomic E-state index is -3.76. The molecule has 2 amide bonds. The normalized spacial score (nSPS) is 15.3. The quantitative estimate of drug-likeness (QED) is 0.821. The first kappa shape index (κ1) is 20.3. The van der Waals surface area contributed by atoms with Crippen molar-refractivity contribution in [3.63, 3.8) is 0 Å². The van der Waals surface area contributed by atoms with Crippen molar-refractivity contribution in [2.24, 2.45) is 0 Å². The van der Waals surface area contributed by atoms with Crippen LogP contribution in [0.15, 0.2) is 53.4 Å². The van der Waals surface area contributed by atoms with Crippen LogP contribution in [0, 0.1) is 0 Å². The van der Waals surface area contributed by atoms with Crippen LogP contribution in [0.5, 0.6) is 0 Å². The third-order valence-electron chi connectivity index (χ3n) is 4.54. The van der Waals surface area contributed by atoms with Crippen LogP contribution < -0.4 is 5.32 Å². The molecule has 0 aliphatic carbocycles. The number of halogens is 1. The van der Waals surface area contributed by atoms with E-state index in [0.717, 1.165) is 0 Å². The Balaban J connectivity index is 1.78. The van der Waals surface area contributed by atoms with Gasteiger partial charge < -0.3 is 10.2 Å². The number of carbonyl (C=O) groups is 2. The topological polar surface area (TPSA) is 86.8 Å². The van der Waals surface area contributed by atoms with Gasteiger partial charge >= 0.3 is 0 Å². The van der Waals surface area contributed by atoms with Gasteiger partial charge in [0.25, 0.3) is 5.91 Å². The average Bonchev–Trinajstić information content (AvgIpc) is 2.70. The molecule has 7 nitrogen and oxygen atoms in total. The SMILES string of the molecule is CC(=O)N1CCN(S(=O)(=O)c2cccc(C(=O)Nc3ccccc3Cl)c2)CC1. The van der Waals surface area contributed by atoms with E-state index in [1.807, 2.05) is 0 Å². The summed E-state index contributed by atoms with van der Waals surface area (Å²) in [5.74, 6) is -0.526. The summed E-state index contributed by atoms with van der Waals surface area (Å²) in [6.07, 6.45) is 0. The van der Waals surface area contributed by atoms with Gasteiger partial charge in [-0.15, -0.1) is 0 Å². The third kappa shape index (κ3) is 4.35. The number of hydrogen-bond donors (Lipinski definition) is 1. The van der Waals surface area contributed by atoms with E-state index in [-0.39, 0.29) is 29.5 Å². The number of benzene rings is 2. The summed E-state index contributed by atoms with van der Waals surface area (Å²) in [6.45, 7) is 2.60. The first-order chi connectivity index (χ1) is 13.3. The number of para-hydroxylation sites is 1. The number of amides is 2. The summed E-state index contributed by atoms with van der Waals surface area (Å²) in [4.78, 5) is 25.6. The summed E-state index contributed by atoms with van der Waals surface area (Å²) in [5.41, 5.74) is 0.658. The van der Waals surface area contributed by atoms with Crippen molar-refractivity contribution in [1.82, 2.24) is 9.21 Å². The van der Waals surface area contributed by atoms with E-state index >= 15 is 0 Å². The van der Waals surface area contributed by atoms with Crippen molar-refractivity contribution in [3.8, 4) is 0 Å². The van der Waals surface area contributed by atoms with Crippen molar-refractivity contribution in [1.29, 1.82) is 0 Å². The van der Waals surface area contributed by atoms with E-state index < -0.39 is 15.9 Å². The lowest BCUT2D eigenvalue weighted by Crippen LogP contribution is -2.49. The zero-order chi connectivity index (χ0) is 20.3. The number of anilines is 1. The highest BCUT2D eigenvalue weighted by molar-refractivity contribution is 7.89. The second-order valence-corrected chi connectivity index (χ2v) is 8.72. The van der Waals surface area contributed by atoms with Crippen molar-refractivity contribution in [2.45, 2.75) is 11.8 Å². The zero-order valence-electron chi connectivity index (χ0n) is 15.3. The number of nitrogens with one attached hydrogen (secondary N) is 1. The molecule has 0 aromatic heterocycles. The fourth-order valence-corrected chi connectivity index (χ4v) is 4.60. The number of rotatable bonds is 4. The van der Waals surface area contributed by atoms with Gasteiger partial charge in [-0.3, -0.25) is 9.59 Å². The summed E-state index contributed by atoms with van der Waals surface area (Å²) in [6, 6.07) is 12.7. The van der Waals surface area contributed by atoms with Crippen molar-refractivity contribution >= 4 is 39.1 Å². The van der Waals surface area contributed by atoms with E-state index in [1.165, 1.54) is 29.4 Å². The Morgan fingerprint density at radius 1 is 1.00 bits per heavy atom. The Morgan fingerprint density at radius 2 is 1.68 bits per heavy atom. The fourth-order valence-electron chi connectivity index (χ4n) is 2.95. The molecule has 1 N–H and O–H groups in total. The fraction of sp³-hybridized carbons (Fsp3) is 0.263.